The number of hydrogen-bond acceptors (Lipinski definition) is 4. The summed E-state index contributed by atoms with van der Waals surface area (Å²) in [6.45, 7) is 3.79. The van der Waals surface area contributed by atoms with E-state index in [-0.39, 0.29) is 23.2 Å². The van der Waals surface area contributed by atoms with Crippen LogP contribution >= 0.6 is 0 Å². The Morgan fingerprint density at radius 1 is 1.45 bits per heavy atom. The van der Waals surface area contributed by atoms with Gasteiger partial charge in [0.2, 0.25) is 5.91 Å². The molecule has 1 amide bonds. The van der Waals surface area contributed by atoms with Gasteiger partial charge in [0.25, 0.3) is 0 Å². The molecule has 0 bridgehead atoms. The first-order valence-electron chi connectivity index (χ1n) is 8.12. The van der Waals surface area contributed by atoms with Gasteiger partial charge in [-0.3, -0.25) is 9.59 Å². The van der Waals surface area contributed by atoms with Crippen LogP contribution < -0.4 is 0 Å². The SMILES string of the molecule is CCOC(=O)[C@H]1C(=O)N(C)C[C@]2(CCN(C)C)CC=CC[C@H]12. The highest BCUT2D eigenvalue weighted by molar-refractivity contribution is 5.98. The second-order valence-corrected chi connectivity index (χ2v) is 6.86. The van der Waals surface area contributed by atoms with E-state index in [4.69, 9.17) is 4.74 Å². The lowest BCUT2D eigenvalue weighted by Crippen LogP contribution is -2.58. The predicted octanol–water partition coefficient (Wildman–Crippen LogP) is 1.54. The summed E-state index contributed by atoms with van der Waals surface area (Å²) in [6, 6.07) is 0. The third-order valence-corrected chi connectivity index (χ3v) is 5.06. The maximum Gasteiger partial charge on any atom is 0.318 e. The molecule has 0 N–H and O–H groups in total. The number of esters is 1. The number of carbonyl (C=O) groups is 2. The largest absolute Gasteiger partial charge is 0.465 e. The second kappa shape index (κ2) is 6.82. The quantitative estimate of drug-likeness (QED) is 0.439. The summed E-state index contributed by atoms with van der Waals surface area (Å²) >= 11 is 0. The summed E-state index contributed by atoms with van der Waals surface area (Å²) in [5.74, 6) is -1.03. The number of allylic oxidation sites excluding steroid dienone is 2. The lowest BCUT2D eigenvalue weighted by atomic mass is 9.59. The molecule has 2 rings (SSSR count). The van der Waals surface area contributed by atoms with E-state index in [0.717, 1.165) is 32.4 Å². The smallest absolute Gasteiger partial charge is 0.318 e. The van der Waals surface area contributed by atoms with E-state index in [1.165, 1.54) is 0 Å². The number of rotatable bonds is 5. The monoisotopic (exact) mass is 308 g/mol. The Labute approximate surface area is 133 Å². The summed E-state index contributed by atoms with van der Waals surface area (Å²) in [4.78, 5) is 28.8. The highest BCUT2D eigenvalue weighted by Crippen LogP contribution is 2.49. The van der Waals surface area contributed by atoms with Gasteiger partial charge in [-0.1, -0.05) is 12.2 Å². The van der Waals surface area contributed by atoms with Gasteiger partial charge < -0.3 is 14.5 Å². The number of carbonyl (C=O) groups excluding carboxylic acids is 2. The first kappa shape index (κ1) is 17.0. The molecule has 0 saturated carbocycles. The van der Waals surface area contributed by atoms with Crippen molar-refractivity contribution in [2.75, 3.05) is 40.8 Å². The van der Waals surface area contributed by atoms with Crippen molar-refractivity contribution in [1.29, 1.82) is 0 Å². The number of amides is 1. The average molecular weight is 308 g/mol. The van der Waals surface area contributed by atoms with Crippen molar-refractivity contribution in [1.82, 2.24) is 9.80 Å². The molecule has 3 atom stereocenters. The molecule has 5 heteroatoms. The third kappa shape index (κ3) is 3.19. The van der Waals surface area contributed by atoms with Crippen LogP contribution in [0.1, 0.15) is 26.2 Å². The third-order valence-electron chi connectivity index (χ3n) is 5.06. The van der Waals surface area contributed by atoms with Crippen molar-refractivity contribution in [3.8, 4) is 0 Å². The Balaban J connectivity index is 2.31. The van der Waals surface area contributed by atoms with Gasteiger partial charge in [0, 0.05) is 13.6 Å². The number of ether oxygens (including phenoxy) is 1. The Morgan fingerprint density at radius 3 is 2.82 bits per heavy atom. The predicted molar refractivity (Wildman–Crippen MR) is 85.2 cm³/mol. The van der Waals surface area contributed by atoms with Crippen molar-refractivity contribution in [3.05, 3.63) is 12.2 Å². The molecule has 1 heterocycles. The maximum absolute atomic E-state index is 12.6. The van der Waals surface area contributed by atoms with Gasteiger partial charge in [0.05, 0.1) is 6.61 Å². The zero-order chi connectivity index (χ0) is 16.3. The molecule has 22 heavy (non-hydrogen) atoms. The Bertz CT molecular complexity index is 461. The van der Waals surface area contributed by atoms with E-state index in [1.807, 2.05) is 0 Å². The minimum Gasteiger partial charge on any atom is -0.465 e. The van der Waals surface area contributed by atoms with Crippen molar-refractivity contribution < 1.29 is 14.3 Å². The first-order chi connectivity index (χ1) is 10.4. The summed E-state index contributed by atoms with van der Waals surface area (Å²) in [6.07, 6.45) is 7.03. The molecule has 0 unspecified atom stereocenters. The van der Waals surface area contributed by atoms with E-state index >= 15 is 0 Å². The number of hydrogen-bond donors (Lipinski definition) is 0. The van der Waals surface area contributed by atoms with Gasteiger partial charge in [-0.25, -0.2) is 0 Å². The molecular weight excluding hydrogens is 280 g/mol. The van der Waals surface area contributed by atoms with Crippen LogP contribution in [-0.4, -0.2) is 62.5 Å². The van der Waals surface area contributed by atoms with Crippen LogP contribution in [0.5, 0.6) is 0 Å². The highest BCUT2D eigenvalue weighted by atomic mass is 16.5. The van der Waals surface area contributed by atoms with Gasteiger partial charge in [-0.2, -0.15) is 0 Å². The van der Waals surface area contributed by atoms with E-state index in [0.29, 0.717) is 6.61 Å². The van der Waals surface area contributed by atoms with Gasteiger partial charge in [0.1, 0.15) is 5.92 Å². The van der Waals surface area contributed by atoms with E-state index < -0.39 is 5.92 Å². The zero-order valence-electron chi connectivity index (χ0n) is 14.2. The molecule has 5 nitrogen and oxygen atoms in total. The normalized spacial score (nSPS) is 31.3. The van der Waals surface area contributed by atoms with Crippen molar-refractivity contribution >= 4 is 11.9 Å². The molecule has 0 aromatic heterocycles. The molecule has 1 fully saturated rings. The van der Waals surface area contributed by atoms with E-state index in [2.05, 4.69) is 31.1 Å². The lowest BCUT2D eigenvalue weighted by Gasteiger charge is -2.51. The molecule has 0 spiro atoms. The molecular formula is C17H28N2O3. The van der Waals surface area contributed by atoms with Crippen LogP contribution in [0, 0.1) is 17.3 Å². The number of piperidine rings is 1. The van der Waals surface area contributed by atoms with Gasteiger partial charge in [-0.15, -0.1) is 0 Å². The van der Waals surface area contributed by atoms with Gasteiger partial charge in [0.15, 0.2) is 0 Å². The summed E-state index contributed by atoms with van der Waals surface area (Å²) in [5, 5.41) is 0. The summed E-state index contributed by atoms with van der Waals surface area (Å²) in [5.41, 5.74) is -0.0148. The number of fused-ring (bicyclic) bond motifs is 1. The van der Waals surface area contributed by atoms with E-state index in [1.54, 1.807) is 18.9 Å². The average Bonchev–Trinajstić information content (AvgIpc) is 2.47. The fraction of sp³-hybridized carbons (Fsp3) is 0.765. The summed E-state index contributed by atoms with van der Waals surface area (Å²) < 4.78 is 5.20. The van der Waals surface area contributed by atoms with Crippen molar-refractivity contribution in [2.24, 2.45) is 17.3 Å². The van der Waals surface area contributed by atoms with Crippen molar-refractivity contribution in [2.45, 2.75) is 26.2 Å². The second-order valence-electron chi connectivity index (χ2n) is 6.86. The number of likely N-dealkylation sites (tertiary alicyclic amines) is 1. The Kier molecular flexibility index (Phi) is 5.27. The molecule has 2 aliphatic rings. The molecule has 124 valence electrons. The van der Waals surface area contributed by atoms with Gasteiger partial charge in [-0.05, 0) is 58.2 Å². The highest BCUT2D eigenvalue weighted by Gasteiger charge is 2.53. The number of nitrogens with zero attached hydrogens (tertiary/aromatic N) is 2. The lowest BCUT2D eigenvalue weighted by molar-refractivity contribution is -0.168. The molecule has 0 aromatic carbocycles. The molecule has 1 saturated heterocycles. The Hall–Kier alpha value is -1.36. The zero-order valence-corrected chi connectivity index (χ0v) is 14.2. The molecule has 1 aliphatic heterocycles. The van der Waals surface area contributed by atoms with Crippen LogP contribution in [0.15, 0.2) is 12.2 Å². The molecule has 0 radical (unpaired) electrons. The fourth-order valence-electron chi connectivity index (χ4n) is 3.90. The van der Waals surface area contributed by atoms with Crippen LogP contribution in [-0.2, 0) is 14.3 Å². The summed E-state index contributed by atoms with van der Waals surface area (Å²) in [7, 11) is 5.93. The first-order valence-corrected chi connectivity index (χ1v) is 8.12. The molecule has 0 aromatic rings. The van der Waals surface area contributed by atoms with Crippen LogP contribution in [0.4, 0.5) is 0 Å². The fourth-order valence-corrected chi connectivity index (χ4v) is 3.90. The van der Waals surface area contributed by atoms with Crippen molar-refractivity contribution in [3.63, 3.8) is 0 Å². The van der Waals surface area contributed by atoms with E-state index in [9.17, 15) is 9.59 Å². The van der Waals surface area contributed by atoms with Crippen LogP contribution in [0.25, 0.3) is 0 Å². The Morgan fingerprint density at radius 2 is 2.18 bits per heavy atom. The van der Waals surface area contributed by atoms with Gasteiger partial charge >= 0.3 is 5.97 Å². The standard InChI is InChI=1S/C17H28N2O3/c1-5-22-16(21)14-13-8-6-7-9-17(13,10-11-18(2)3)12-19(4)15(14)20/h6-7,13-14H,5,8-12H2,1-4H3/t13-,14-,17-/m1/s1. The van der Waals surface area contributed by atoms with Crippen LogP contribution in [0.3, 0.4) is 0 Å². The molecule has 1 aliphatic carbocycles. The maximum atomic E-state index is 12.6. The van der Waals surface area contributed by atoms with Crippen LogP contribution in [0.2, 0.25) is 0 Å². The minimum absolute atomic E-state index is 0.0148. The topological polar surface area (TPSA) is 49.9 Å². The minimum atomic E-state index is -0.647.